The molecular formula is C53H30N4O2. The average molecular weight is 755 g/mol. The fourth-order valence-electron chi connectivity index (χ4n) is 9.12. The lowest BCUT2D eigenvalue weighted by Gasteiger charge is -2.13. The Hall–Kier alpha value is -8.09. The number of hydrogen-bond donors (Lipinski definition) is 0. The van der Waals surface area contributed by atoms with Gasteiger partial charge in [0.25, 0.3) is 0 Å². The first kappa shape index (κ1) is 32.0. The van der Waals surface area contributed by atoms with Crippen LogP contribution in [-0.2, 0) is 0 Å². The van der Waals surface area contributed by atoms with Gasteiger partial charge < -0.3 is 13.4 Å². The summed E-state index contributed by atoms with van der Waals surface area (Å²) in [7, 11) is 0. The molecule has 59 heavy (non-hydrogen) atoms. The van der Waals surface area contributed by atoms with E-state index in [0.717, 1.165) is 88.1 Å². The van der Waals surface area contributed by atoms with Gasteiger partial charge >= 0.3 is 0 Å². The molecule has 0 N–H and O–H groups in total. The van der Waals surface area contributed by atoms with Gasteiger partial charge in [0.2, 0.25) is 0 Å². The second-order valence-corrected chi connectivity index (χ2v) is 15.1. The van der Waals surface area contributed by atoms with Crippen LogP contribution in [0.4, 0.5) is 0 Å². The molecule has 0 saturated carbocycles. The summed E-state index contributed by atoms with van der Waals surface area (Å²) in [5.41, 5.74) is 9.29. The van der Waals surface area contributed by atoms with Crippen molar-refractivity contribution >= 4 is 87.2 Å². The largest absolute Gasteiger partial charge is 0.456 e. The Kier molecular flexibility index (Phi) is 6.63. The molecule has 13 aromatic rings. The first-order valence-electron chi connectivity index (χ1n) is 19.8. The summed E-state index contributed by atoms with van der Waals surface area (Å²) in [6.45, 7) is 0. The van der Waals surface area contributed by atoms with Crippen LogP contribution in [0.5, 0.6) is 0 Å². The molecule has 0 fully saturated rings. The third-order valence-corrected chi connectivity index (χ3v) is 11.8. The van der Waals surface area contributed by atoms with E-state index < -0.39 is 0 Å². The van der Waals surface area contributed by atoms with Crippen molar-refractivity contribution in [3.05, 3.63) is 182 Å². The normalized spacial score (nSPS) is 12.1. The van der Waals surface area contributed by atoms with Crippen molar-refractivity contribution in [2.24, 2.45) is 0 Å². The standard InChI is InChI=1S/C53H30N4O2/c1-2-13-31(14-3-1)51-54-52(34-25-26-47-41(28-34)37-19-9-11-23-46(37)58-47)56-53(55-51)39-21-12-24-48-49(39)42-30-45(35-17-6-7-20-38(35)50(42)59-48)57-43-22-10-8-18-36(43)40-27-32-15-4-5-16-33(32)29-44(40)57/h1-30H. The summed E-state index contributed by atoms with van der Waals surface area (Å²) < 4.78 is 15.5. The zero-order chi connectivity index (χ0) is 38.6. The number of benzene rings is 9. The van der Waals surface area contributed by atoms with Crippen molar-refractivity contribution in [1.82, 2.24) is 19.5 Å². The quantitative estimate of drug-likeness (QED) is 0.179. The Balaban J connectivity index is 1.10. The van der Waals surface area contributed by atoms with Crippen LogP contribution >= 0.6 is 0 Å². The molecular weight excluding hydrogens is 725 g/mol. The number of para-hydroxylation sites is 2. The molecule has 4 aromatic heterocycles. The van der Waals surface area contributed by atoms with Crippen LogP contribution in [-0.4, -0.2) is 19.5 Å². The van der Waals surface area contributed by atoms with Gasteiger partial charge in [0.1, 0.15) is 22.3 Å². The van der Waals surface area contributed by atoms with Gasteiger partial charge in [-0.1, -0.05) is 127 Å². The van der Waals surface area contributed by atoms with Crippen molar-refractivity contribution in [3.63, 3.8) is 0 Å². The average Bonchev–Trinajstić information content (AvgIpc) is 3.97. The molecule has 0 spiro atoms. The highest BCUT2D eigenvalue weighted by Gasteiger charge is 2.23. The molecule has 0 bridgehead atoms. The summed E-state index contributed by atoms with van der Waals surface area (Å²) in [5, 5.41) is 11.0. The van der Waals surface area contributed by atoms with Crippen LogP contribution < -0.4 is 0 Å². The topological polar surface area (TPSA) is 69.9 Å². The van der Waals surface area contributed by atoms with Gasteiger partial charge in [-0.05, 0) is 65.4 Å². The Morgan fingerprint density at radius 3 is 1.88 bits per heavy atom. The molecule has 274 valence electrons. The SMILES string of the molecule is c1ccc(-c2nc(-c3ccc4oc5ccccc5c4c3)nc(-c3cccc4oc5c6ccccc6c(-n6c7ccccc7c7cc8ccccc8cc76)cc5c34)n2)cc1. The van der Waals surface area contributed by atoms with Gasteiger partial charge in [-0.2, -0.15) is 0 Å². The third kappa shape index (κ3) is 4.77. The van der Waals surface area contributed by atoms with E-state index in [1.54, 1.807) is 0 Å². The maximum absolute atomic E-state index is 6.85. The van der Waals surface area contributed by atoms with Crippen LogP contribution in [0.3, 0.4) is 0 Å². The predicted octanol–water partition coefficient (Wildman–Crippen LogP) is 14.1. The number of fused-ring (bicyclic) bond motifs is 12. The van der Waals surface area contributed by atoms with E-state index in [0.29, 0.717) is 17.5 Å². The van der Waals surface area contributed by atoms with Crippen molar-refractivity contribution in [1.29, 1.82) is 0 Å². The van der Waals surface area contributed by atoms with Crippen molar-refractivity contribution in [3.8, 4) is 39.9 Å². The Bertz CT molecular complexity index is 3860. The second-order valence-electron chi connectivity index (χ2n) is 15.1. The van der Waals surface area contributed by atoms with E-state index >= 15 is 0 Å². The minimum atomic E-state index is 0.567. The molecule has 6 heteroatoms. The summed E-state index contributed by atoms with van der Waals surface area (Å²) in [6, 6.07) is 63.3. The van der Waals surface area contributed by atoms with Crippen molar-refractivity contribution in [2.75, 3.05) is 0 Å². The lowest BCUT2D eigenvalue weighted by atomic mass is 10.0. The minimum Gasteiger partial charge on any atom is -0.456 e. The van der Waals surface area contributed by atoms with E-state index in [4.69, 9.17) is 23.8 Å². The molecule has 0 saturated heterocycles. The molecule has 9 aromatic carbocycles. The van der Waals surface area contributed by atoms with E-state index in [-0.39, 0.29) is 0 Å². The van der Waals surface area contributed by atoms with Crippen LogP contribution in [0.15, 0.2) is 191 Å². The Morgan fingerprint density at radius 2 is 1.02 bits per heavy atom. The van der Waals surface area contributed by atoms with E-state index in [9.17, 15) is 0 Å². The van der Waals surface area contributed by atoms with Gasteiger partial charge in [0, 0.05) is 59.8 Å². The van der Waals surface area contributed by atoms with Crippen molar-refractivity contribution in [2.45, 2.75) is 0 Å². The van der Waals surface area contributed by atoms with E-state index in [1.165, 1.54) is 21.5 Å². The molecule has 4 heterocycles. The molecule has 13 rings (SSSR count). The summed E-state index contributed by atoms with van der Waals surface area (Å²) in [6.07, 6.45) is 0. The third-order valence-electron chi connectivity index (χ3n) is 11.8. The van der Waals surface area contributed by atoms with E-state index in [2.05, 4.69) is 114 Å². The van der Waals surface area contributed by atoms with Gasteiger partial charge in [-0.15, -0.1) is 0 Å². The fraction of sp³-hybridized carbons (Fsp3) is 0. The zero-order valence-electron chi connectivity index (χ0n) is 31.4. The minimum absolute atomic E-state index is 0.567. The van der Waals surface area contributed by atoms with Crippen LogP contribution in [0.25, 0.3) is 127 Å². The molecule has 0 atom stereocenters. The zero-order valence-corrected chi connectivity index (χ0v) is 31.4. The van der Waals surface area contributed by atoms with Gasteiger partial charge in [0.05, 0.1) is 16.7 Å². The predicted molar refractivity (Wildman–Crippen MR) is 240 cm³/mol. The molecule has 0 radical (unpaired) electrons. The van der Waals surface area contributed by atoms with Gasteiger partial charge in [0.15, 0.2) is 17.5 Å². The highest BCUT2D eigenvalue weighted by atomic mass is 16.3. The maximum Gasteiger partial charge on any atom is 0.164 e. The first-order chi connectivity index (χ1) is 29.2. The number of hydrogen-bond acceptors (Lipinski definition) is 5. The number of nitrogens with zero attached hydrogens (tertiary/aromatic N) is 4. The summed E-state index contributed by atoms with van der Waals surface area (Å²) in [4.78, 5) is 15.5. The Morgan fingerprint density at radius 1 is 0.356 bits per heavy atom. The van der Waals surface area contributed by atoms with E-state index in [1.807, 2.05) is 72.8 Å². The second kappa shape index (κ2) is 12.2. The lowest BCUT2D eigenvalue weighted by Crippen LogP contribution is -2.00. The monoisotopic (exact) mass is 754 g/mol. The Labute approximate surface area is 336 Å². The molecule has 0 aliphatic rings. The number of furan rings is 2. The lowest BCUT2D eigenvalue weighted by molar-refractivity contribution is 0.669. The molecule has 0 aliphatic heterocycles. The first-order valence-corrected chi connectivity index (χ1v) is 19.8. The van der Waals surface area contributed by atoms with Crippen molar-refractivity contribution < 1.29 is 8.83 Å². The molecule has 0 aliphatic carbocycles. The highest BCUT2D eigenvalue weighted by Crippen LogP contribution is 2.44. The number of aromatic nitrogens is 4. The molecule has 6 nitrogen and oxygen atoms in total. The maximum atomic E-state index is 6.85. The summed E-state index contributed by atoms with van der Waals surface area (Å²) in [5.74, 6) is 1.74. The van der Waals surface area contributed by atoms with Gasteiger partial charge in [-0.3, -0.25) is 0 Å². The van der Waals surface area contributed by atoms with Crippen LogP contribution in [0, 0.1) is 0 Å². The smallest absolute Gasteiger partial charge is 0.164 e. The highest BCUT2D eigenvalue weighted by molar-refractivity contribution is 6.22. The van der Waals surface area contributed by atoms with Crippen LogP contribution in [0.2, 0.25) is 0 Å². The molecule has 0 amide bonds. The van der Waals surface area contributed by atoms with Crippen LogP contribution in [0.1, 0.15) is 0 Å². The number of rotatable bonds is 4. The van der Waals surface area contributed by atoms with Gasteiger partial charge in [-0.25, -0.2) is 15.0 Å². The molecule has 0 unspecified atom stereocenters. The summed E-state index contributed by atoms with van der Waals surface area (Å²) >= 11 is 0. The fourth-order valence-corrected chi connectivity index (χ4v) is 9.12.